The molecule has 2 fully saturated rings. The van der Waals surface area contributed by atoms with E-state index in [4.69, 9.17) is 28.4 Å². The maximum absolute atomic E-state index is 13.5. The average molecular weight is 616 g/mol. The molecular weight excluding hydrogens is 570 g/mol. The summed E-state index contributed by atoms with van der Waals surface area (Å²) in [4.78, 5) is 13.5. The van der Waals surface area contributed by atoms with Gasteiger partial charge in [0.2, 0.25) is 0 Å². The highest BCUT2D eigenvalue weighted by Crippen LogP contribution is 2.43. The van der Waals surface area contributed by atoms with E-state index in [1.54, 1.807) is 7.11 Å². The summed E-state index contributed by atoms with van der Waals surface area (Å²) in [5, 5.41) is 3.27. The molecule has 1 N–H and O–H groups in total. The van der Waals surface area contributed by atoms with Gasteiger partial charge in [0, 0.05) is 25.9 Å². The zero-order chi connectivity index (χ0) is 31.5. The van der Waals surface area contributed by atoms with E-state index in [-0.39, 0.29) is 17.9 Å². The molecule has 2 aliphatic rings. The zero-order valence-corrected chi connectivity index (χ0v) is 26.3. The Balaban J connectivity index is 1.50. The molecule has 5 rings (SSSR count). The summed E-state index contributed by atoms with van der Waals surface area (Å²) in [6, 6.07) is 27.7. The topological polar surface area (TPSA) is 84.5 Å². The number of hydrogen-bond acceptors (Lipinski definition) is 7. The van der Waals surface area contributed by atoms with E-state index in [1.807, 2.05) is 72.8 Å². The molecule has 5 atom stereocenters. The molecule has 8 nitrogen and oxygen atoms in total. The van der Waals surface area contributed by atoms with E-state index in [0.29, 0.717) is 39.3 Å². The summed E-state index contributed by atoms with van der Waals surface area (Å²) in [6.45, 7) is 5.75. The lowest BCUT2D eigenvalue weighted by molar-refractivity contribution is -0.226. The third-order valence-corrected chi connectivity index (χ3v) is 8.73. The van der Waals surface area contributed by atoms with Gasteiger partial charge in [0.05, 0.1) is 51.8 Å². The summed E-state index contributed by atoms with van der Waals surface area (Å²) >= 11 is 0. The third kappa shape index (κ3) is 8.81. The molecule has 3 aromatic rings. The van der Waals surface area contributed by atoms with Crippen molar-refractivity contribution in [3.8, 4) is 5.75 Å². The lowest BCUT2D eigenvalue weighted by atomic mass is 9.76. The van der Waals surface area contributed by atoms with Crippen LogP contribution in [0.1, 0.15) is 36.0 Å². The van der Waals surface area contributed by atoms with Gasteiger partial charge >= 0.3 is 0 Å². The van der Waals surface area contributed by atoms with Crippen LogP contribution in [0.3, 0.4) is 0 Å². The van der Waals surface area contributed by atoms with Crippen LogP contribution in [-0.2, 0) is 48.1 Å². The van der Waals surface area contributed by atoms with Gasteiger partial charge in [0.1, 0.15) is 5.75 Å². The van der Waals surface area contributed by atoms with Crippen molar-refractivity contribution in [2.45, 2.75) is 69.0 Å². The molecule has 1 aliphatic carbocycles. The van der Waals surface area contributed by atoms with E-state index in [9.17, 15) is 4.79 Å². The number of methoxy groups -OCH3 is 2. The second-order valence-corrected chi connectivity index (χ2v) is 11.7. The fourth-order valence-corrected chi connectivity index (χ4v) is 6.39. The van der Waals surface area contributed by atoms with Gasteiger partial charge in [-0.3, -0.25) is 4.79 Å². The summed E-state index contributed by atoms with van der Waals surface area (Å²) in [5.41, 5.74) is 3.17. The number of hydrogen-bond donors (Lipinski definition) is 1. The van der Waals surface area contributed by atoms with Crippen molar-refractivity contribution < 1.29 is 33.2 Å². The zero-order valence-electron chi connectivity index (χ0n) is 26.3. The minimum Gasteiger partial charge on any atom is -0.497 e. The molecule has 0 radical (unpaired) electrons. The minimum absolute atomic E-state index is 0.155. The van der Waals surface area contributed by atoms with Gasteiger partial charge in [-0.1, -0.05) is 85.5 Å². The Morgan fingerprint density at radius 1 is 0.933 bits per heavy atom. The molecular formula is C37H45NO7. The Bertz CT molecular complexity index is 1330. The van der Waals surface area contributed by atoms with Gasteiger partial charge in [-0.15, -0.1) is 0 Å². The molecule has 1 heterocycles. The minimum atomic E-state index is -0.803. The van der Waals surface area contributed by atoms with Crippen molar-refractivity contribution in [3.05, 3.63) is 114 Å². The second kappa shape index (κ2) is 16.2. The van der Waals surface area contributed by atoms with E-state index >= 15 is 0 Å². The lowest BCUT2D eigenvalue weighted by Gasteiger charge is -2.46. The lowest BCUT2D eigenvalue weighted by Crippen LogP contribution is -2.57. The monoisotopic (exact) mass is 615 g/mol. The number of ether oxygens (including phenoxy) is 6. The maximum atomic E-state index is 13.5. The van der Waals surface area contributed by atoms with Crippen LogP contribution in [0.5, 0.6) is 5.75 Å². The standard InChI is InChI=1S/C37H45NO7/c1-4-33(41-3)36(39)38-32(23-27-15-17-30(40-2)18-16-27)35(43-26-29-13-9-6-10-14-29)31-24-37(44-21-22-45-37)20-19-34(31)42-25-28-11-7-5-8-12-28/h4-18,31-35H,1,19-26H2,2-3H3,(H,38,39)/t31-,32-,33?,34-,35-/m0/s1. The van der Waals surface area contributed by atoms with Crippen LogP contribution >= 0.6 is 0 Å². The first-order valence-corrected chi connectivity index (χ1v) is 15.7. The van der Waals surface area contributed by atoms with Crippen molar-refractivity contribution in [3.63, 3.8) is 0 Å². The Morgan fingerprint density at radius 2 is 1.58 bits per heavy atom. The number of carbonyl (C=O) groups is 1. The SMILES string of the molecule is C=CC(OC)C(=O)N[C@@H](Cc1ccc(OC)cc1)[C@@H](OCc1ccccc1)[C@H]1CC2(CC[C@@H]1OCc1ccccc1)OCCO2. The van der Waals surface area contributed by atoms with E-state index in [2.05, 4.69) is 24.0 Å². The average Bonchev–Trinajstić information content (AvgIpc) is 3.53. The van der Waals surface area contributed by atoms with Crippen LogP contribution in [0.4, 0.5) is 0 Å². The van der Waals surface area contributed by atoms with Gasteiger partial charge < -0.3 is 33.7 Å². The first-order chi connectivity index (χ1) is 22.0. The van der Waals surface area contributed by atoms with Crippen LogP contribution in [0.15, 0.2) is 97.6 Å². The molecule has 1 amide bonds. The van der Waals surface area contributed by atoms with Crippen molar-refractivity contribution in [2.75, 3.05) is 27.4 Å². The molecule has 1 aliphatic heterocycles. The molecule has 45 heavy (non-hydrogen) atoms. The van der Waals surface area contributed by atoms with E-state index in [1.165, 1.54) is 13.2 Å². The van der Waals surface area contributed by atoms with Crippen molar-refractivity contribution in [1.82, 2.24) is 5.32 Å². The molecule has 8 heteroatoms. The summed E-state index contributed by atoms with van der Waals surface area (Å²) in [7, 11) is 3.15. The van der Waals surface area contributed by atoms with Gasteiger partial charge in [0.25, 0.3) is 5.91 Å². The normalized spacial score (nSPS) is 21.1. The van der Waals surface area contributed by atoms with E-state index < -0.39 is 24.0 Å². The first-order valence-electron chi connectivity index (χ1n) is 15.7. The van der Waals surface area contributed by atoms with Crippen LogP contribution in [0, 0.1) is 5.92 Å². The number of nitrogens with one attached hydrogen (secondary N) is 1. The fourth-order valence-electron chi connectivity index (χ4n) is 6.39. The van der Waals surface area contributed by atoms with Crippen molar-refractivity contribution in [2.24, 2.45) is 5.92 Å². The number of carbonyl (C=O) groups excluding carboxylic acids is 1. The van der Waals surface area contributed by atoms with Crippen molar-refractivity contribution in [1.29, 1.82) is 0 Å². The maximum Gasteiger partial charge on any atom is 0.253 e. The largest absolute Gasteiger partial charge is 0.497 e. The smallest absolute Gasteiger partial charge is 0.253 e. The van der Waals surface area contributed by atoms with Gasteiger partial charge in [-0.05, 0) is 41.7 Å². The molecule has 1 spiro atoms. The molecule has 1 saturated heterocycles. The molecule has 1 unspecified atom stereocenters. The first kappa shape index (κ1) is 32.9. The third-order valence-electron chi connectivity index (χ3n) is 8.73. The Morgan fingerprint density at radius 3 is 2.18 bits per heavy atom. The summed E-state index contributed by atoms with van der Waals surface area (Å²) in [6.07, 6.45) is 2.64. The molecule has 3 aromatic carbocycles. The highest BCUT2D eigenvalue weighted by molar-refractivity contribution is 5.83. The van der Waals surface area contributed by atoms with Gasteiger partial charge in [0.15, 0.2) is 11.9 Å². The van der Waals surface area contributed by atoms with Crippen LogP contribution < -0.4 is 10.1 Å². The summed E-state index contributed by atoms with van der Waals surface area (Å²) < 4.78 is 36.9. The Hall–Kier alpha value is -3.53. The highest BCUT2D eigenvalue weighted by atomic mass is 16.7. The second-order valence-electron chi connectivity index (χ2n) is 11.7. The van der Waals surface area contributed by atoms with Crippen LogP contribution in [0.25, 0.3) is 0 Å². The van der Waals surface area contributed by atoms with Crippen LogP contribution in [-0.4, -0.2) is 63.5 Å². The molecule has 0 bridgehead atoms. The molecule has 0 aromatic heterocycles. The van der Waals surface area contributed by atoms with Crippen LogP contribution in [0.2, 0.25) is 0 Å². The predicted octanol–water partition coefficient (Wildman–Crippen LogP) is 5.64. The number of benzene rings is 3. The van der Waals surface area contributed by atoms with Crippen molar-refractivity contribution >= 4 is 5.91 Å². The van der Waals surface area contributed by atoms with Gasteiger partial charge in [-0.2, -0.15) is 0 Å². The Labute approximate surface area is 266 Å². The Kier molecular flexibility index (Phi) is 11.8. The number of amides is 1. The fraction of sp³-hybridized carbons (Fsp3) is 0.432. The quantitative estimate of drug-likeness (QED) is 0.222. The molecule has 1 saturated carbocycles. The number of rotatable bonds is 15. The summed E-state index contributed by atoms with van der Waals surface area (Å²) in [5.74, 6) is -0.366. The van der Waals surface area contributed by atoms with E-state index in [0.717, 1.165) is 35.3 Å². The highest BCUT2D eigenvalue weighted by Gasteiger charge is 2.50. The predicted molar refractivity (Wildman–Crippen MR) is 172 cm³/mol. The van der Waals surface area contributed by atoms with Gasteiger partial charge in [-0.25, -0.2) is 0 Å². The molecule has 240 valence electrons.